The summed E-state index contributed by atoms with van der Waals surface area (Å²) in [7, 11) is 0. The van der Waals surface area contributed by atoms with Crippen molar-refractivity contribution in [3.63, 3.8) is 0 Å². The van der Waals surface area contributed by atoms with Gasteiger partial charge >= 0.3 is 5.69 Å². The molecule has 0 amide bonds. The zero-order chi connectivity index (χ0) is 10.9. The fourth-order valence-electron chi connectivity index (χ4n) is 1.09. The summed E-state index contributed by atoms with van der Waals surface area (Å²) in [6.07, 6.45) is 0. The normalized spacial score (nSPS) is 9.86. The highest BCUT2D eigenvalue weighted by Crippen LogP contribution is 2.27. The van der Waals surface area contributed by atoms with Crippen molar-refractivity contribution in [3.8, 4) is 0 Å². The van der Waals surface area contributed by atoms with Gasteiger partial charge in [-0.05, 0) is 18.6 Å². The number of rotatable bonds is 2. The number of hydrogen-bond donors (Lipinski definition) is 1. The molecule has 0 unspecified atom stereocenters. The van der Waals surface area contributed by atoms with Crippen molar-refractivity contribution in [1.29, 1.82) is 0 Å². The first kappa shape index (κ1) is 10.2. The van der Waals surface area contributed by atoms with Gasteiger partial charge in [-0.25, -0.2) is 0 Å². The second-order valence-electron chi connectivity index (χ2n) is 2.93. The van der Waals surface area contributed by atoms with Gasteiger partial charge < -0.3 is 5.73 Å². The number of allylic oxidation sites excluding steroid dienone is 1. The number of halogens is 1. The van der Waals surface area contributed by atoms with Crippen LogP contribution in [0.15, 0.2) is 18.7 Å². The van der Waals surface area contributed by atoms with E-state index in [4.69, 9.17) is 5.73 Å². The van der Waals surface area contributed by atoms with Crippen LogP contribution < -0.4 is 5.73 Å². The summed E-state index contributed by atoms with van der Waals surface area (Å²) >= 11 is 0. The molecule has 2 N–H and O–H groups in total. The summed E-state index contributed by atoms with van der Waals surface area (Å²) < 4.78 is 13.1. The van der Waals surface area contributed by atoms with Crippen molar-refractivity contribution < 1.29 is 9.31 Å². The van der Waals surface area contributed by atoms with Gasteiger partial charge in [-0.2, -0.15) is 4.39 Å². The third kappa shape index (κ3) is 1.71. The second kappa shape index (κ2) is 3.45. The minimum absolute atomic E-state index is 0.158. The maximum atomic E-state index is 13.1. The molecular formula is C9H9FN2O2. The summed E-state index contributed by atoms with van der Waals surface area (Å²) in [4.78, 5) is 9.53. The zero-order valence-corrected chi connectivity index (χ0v) is 7.58. The Balaban J connectivity index is 3.38. The molecule has 74 valence electrons. The monoisotopic (exact) mass is 196 g/mol. The SMILES string of the molecule is C=C(C)c1cc(F)c([N+](=O)[O-])cc1N. The van der Waals surface area contributed by atoms with Crippen LogP contribution in [0.4, 0.5) is 15.8 Å². The smallest absolute Gasteiger partial charge is 0.306 e. The molecule has 14 heavy (non-hydrogen) atoms. The molecule has 0 spiro atoms. The van der Waals surface area contributed by atoms with Crippen LogP contribution in [0.5, 0.6) is 0 Å². The Hall–Kier alpha value is -1.91. The highest BCUT2D eigenvalue weighted by atomic mass is 19.1. The molecule has 0 bridgehead atoms. The van der Waals surface area contributed by atoms with Crippen LogP contribution in [-0.2, 0) is 0 Å². The van der Waals surface area contributed by atoms with E-state index in [0.29, 0.717) is 11.1 Å². The van der Waals surface area contributed by atoms with Crippen LogP contribution >= 0.6 is 0 Å². The molecular weight excluding hydrogens is 187 g/mol. The Morgan fingerprint density at radius 1 is 1.64 bits per heavy atom. The largest absolute Gasteiger partial charge is 0.398 e. The molecule has 0 atom stereocenters. The first-order valence-electron chi connectivity index (χ1n) is 3.82. The summed E-state index contributed by atoms with van der Waals surface area (Å²) in [5, 5.41) is 10.3. The highest BCUT2D eigenvalue weighted by molar-refractivity contribution is 5.74. The number of nitrogens with two attached hydrogens (primary N) is 1. The quantitative estimate of drug-likeness (QED) is 0.448. The van der Waals surface area contributed by atoms with E-state index in [0.717, 1.165) is 12.1 Å². The average molecular weight is 196 g/mol. The van der Waals surface area contributed by atoms with E-state index >= 15 is 0 Å². The van der Waals surface area contributed by atoms with Gasteiger partial charge in [-0.15, -0.1) is 0 Å². The Kier molecular flexibility index (Phi) is 2.51. The van der Waals surface area contributed by atoms with Gasteiger partial charge in [0.2, 0.25) is 5.82 Å². The molecule has 4 nitrogen and oxygen atoms in total. The molecule has 0 radical (unpaired) electrons. The van der Waals surface area contributed by atoms with Gasteiger partial charge in [0.25, 0.3) is 0 Å². The first-order valence-corrected chi connectivity index (χ1v) is 3.82. The first-order chi connectivity index (χ1) is 6.43. The molecule has 0 saturated carbocycles. The molecule has 0 saturated heterocycles. The zero-order valence-electron chi connectivity index (χ0n) is 7.58. The molecule has 0 heterocycles. The maximum absolute atomic E-state index is 13.1. The minimum Gasteiger partial charge on any atom is -0.398 e. The molecule has 0 aromatic heterocycles. The van der Waals surface area contributed by atoms with E-state index in [-0.39, 0.29) is 5.69 Å². The molecule has 1 aromatic rings. The van der Waals surface area contributed by atoms with Crippen LogP contribution in [0.25, 0.3) is 5.57 Å². The lowest BCUT2D eigenvalue weighted by atomic mass is 10.1. The second-order valence-corrected chi connectivity index (χ2v) is 2.93. The number of nitrogens with zero attached hydrogens (tertiary/aromatic N) is 1. The number of anilines is 1. The Labute approximate surface area is 80.0 Å². The lowest BCUT2D eigenvalue weighted by molar-refractivity contribution is -0.387. The van der Waals surface area contributed by atoms with Gasteiger partial charge in [0.05, 0.1) is 4.92 Å². The van der Waals surface area contributed by atoms with Crippen LogP contribution in [0.1, 0.15) is 12.5 Å². The molecule has 5 heteroatoms. The Bertz CT molecular complexity index is 376. The number of nitro benzene ring substituents is 1. The van der Waals surface area contributed by atoms with Crippen LogP contribution in [0.2, 0.25) is 0 Å². The van der Waals surface area contributed by atoms with Crippen molar-refractivity contribution in [2.45, 2.75) is 6.92 Å². The lowest BCUT2D eigenvalue weighted by Gasteiger charge is -2.04. The van der Waals surface area contributed by atoms with E-state index in [1.54, 1.807) is 6.92 Å². The molecule has 0 aliphatic heterocycles. The average Bonchev–Trinajstić information content (AvgIpc) is 2.07. The highest BCUT2D eigenvalue weighted by Gasteiger charge is 2.16. The third-order valence-electron chi connectivity index (χ3n) is 1.78. The third-order valence-corrected chi connectivity index (χ3v) is 1.78. The summed E-state index contributed by atoms with van der Waals surface area (Å²) in [5.74, 6) is -0.901. The predicted octanol–water partition coefficient (Wildman–Crippen LogP) is 2.35. The summed E-state index contributed by atoms with van der Waals surface area (Å²) in [5.41, 5.74) is 6.00. The summed E-state index contributed by atoms with van der Waals surface area (Å²) in [6, 6.07) is 2.02. The Morgan fingerprint density at radius 3 is 2.64 bits per heavy atom. The van der Waals surface area contributed by atoms with E-state index in [1.165, 1.54) is 0 Å². The molecule has 1 rings (SSSR count). The standard InChI is InChI=1S/C9H9FN2O2/c1-5(2)6-3-7(10)9(12(13)14)4-8(6)11/h3-4H,1,11H2,2H3. The fourth-order valence-corrected chi connectivity index (χ4v) is 1.09. The van der Waals surface area contributed by atoms with Crippen LogP contribution in [-0.4, -0.2) is 4.92 Å². The van der Waals surface area contributed by atoms with Gasteiger partial charge in [0.1, 0.15) is 0 Å². The van der Waals surface area contributed by atoms with E-state index in [9.17, 15) is 14.5 Å². The van der Waals surface area contributed by atoms with Crippen molar-refractivity contribution in [2.75, 3.05) is 5.73 Å². The number of nitro groups is 1. The number of hydrogen-bond acceptors (Lipinski definition) is 3. The van der Waals surface area contributed by atoms with Crippen molar-refractivity contribution >= 4 is 16.9 Å². The van der Waals surface area contributed by atoms with Crippen molar-refractivity contribution in [1.82, 2.24) is 0 Å². The van der Waals surface area contributed by atoms with Gasteiger partial charge in [-0.3, -0.25) is 10.1 Å². The molecule has 0 aliphatic rings. The van der Waals surface area contributed by atoms with E-state index in [2.05, 4.69) is 6.58 Å². The number of benzene rings is 1. The van der Waals surface area contributed by atoms with Gasteiger partial charge in [0, 0.05) is 17.3 Å². The predicted molar refractivity (Wildman–Crippen MR) is 52.2 cm³/mol. The topological polar surface area (TPSA) is 69.2 Å². The maximum Gasteiger partial charge on any atom is 0.306 e. The molecule has 0 fully saturated rings. The molecule has 1 aromatic carbocycles. The van der Waals surface area contributed by atoms with Crippen molar-refractivity contribution in [2.24, 2.45) is 0 Å². The van der Waals surface area contributed by atoms with Crippen molar-refractivity contribution in [3.05, 3.63) is 40.2 Å². The van der Waals surface area contributed by atoms with E-state index < -0.39 is 16.4 Å². The van der Waals surface area contributed by atoms with Crippen LogP contribution in [0, 0.1) is 15.9 Å². The molecule has 0 aliphatic carbocycles. The van der Waals surface area contributed by atoms with Gasteiger partial charge in [-0.1, -0.05) is 6.58 Å². The number of nitrogen functional groups attached to an aromatic ring is 1. The van der Waals surface area contributed by atoms with E-state index in [1.807, 2.05) is 0 Å². The van der Waals surface area contributed by atoms with Gasteiger partial charge in [0.15, 0.2) is 0 Å². The lowest BCUT2D eigenvalue weighted by Crippen LogP contribution is -1.98. The van der Waals surface area contributed by atoms with Crippen LogP contribution in [0.3, 0.4) is 0 Å². The fraction of sp³-hybridized carbons (Fsp3) is 0.111. The minimum atomic E-state index is -0.901. The summed E-state index contributed by atoms with van der Waals surface area (Å²) in [6.45, 7) is 5.24. The Morgan fingerprint density at radius 2 is 2.21 bits per heavy atom.